The van der Waals surface area contributed by atoms with E-state index >= 15 is 0 Å². The second-order valence-corrected chi connectivity index (χ2v) is 9.59. The van der Waals surface area contributed by atoms with Gasteiger partial charge in [-0.2, -0.15) is 4.31 Å². The van der Waals surface area contributed by atoms with Gasteiger partial charge in [0, 0.05) is 13.1 Å². The first kappa shape index (κ1) is 14.5. The molecule has 1 aromatic rings. The zero-order valence-electron chi connectivity index (χ0n) is 10.5. The summed E-state index contributed by atoms with van der Waals surface area (Å²) in [6, 6.07) is 1.66. The quantitative estimate of drug-likeness (QED) is 0.906. The fourth-order valence-corrected chi connectivity index (χ4v) is 5.73. The summed E-state index contributed by atoms with van der Waals surface area (Å²) in [6.07, 6.45) is 0. The van der Waals surface area contributed by atoms with Crippen molar-refractivity contribution in [2.75, 3.05) is 13.1 Å². The van der Waals surface area contributed by atoms with Crippen LogP contribution < -0.4 is 0 Å². The van der Waals surface area contributed by atoms with Gasteiger partial charge < -0.3 is 5.11 Å². The van der Waals surface area contributed by atoms with Crippen LogP contribution in [0.1, 0.15) is 19.4 Å². The molecule has 0 unspecified atom stereocenters. The number of thiophene rings is 1. The van der Waals surface area contributed by atoms with Gasteiger partial charge in [-0.15, -0.1) is 11.3 Å². The first-order chi connectivity index (χ1) is 8.17. The van der Waals surface area contributed by atoms with E-state index < -0.39 is 15.6 Å². The lowest BCUT2D eigenvalue weighted by molar-refractivity contribution is -0.0931. The summed E-state index contributed by atoms with van der Waals surface area (Å²) in [7, 11) is -3.45. The van der Waals surface area contributed by atoms with E-state index in [4.69, 9.17) is 0 Å². The molecule has 0 spiro atoms. The minimum atomic E-state index is -3.45. The highest BCUT2D eigenvalue weighted by Crippen LogP contribution is 2.37. The van der Waals surface area contributed by atoms with E-state index in [-0.39, 0.29) is 19.0 Å². The van der Waals surface area contributed by atoms with Crippen molar-refractivity contribution in [1.29, 1.82) is 0 Å². The predicted molar refractivity (Wildman–Crippen MR) is 75.3 cm³/mol. The van der Waals surface area contributed by atoms with E-state index in [1.165, 1.54) is 15.6 Å². The Labute approximate surface area is 120 Å². The molecule has 18 heavy (non-hydrogen) atoms. The van der Waals surface area contributed by atoms with Crippen LogP contribution in [-0.4, -0.2) is 36.5 Å². The highest BCUT2D eigenvalue weighted by Gasteiger charge is 2.49. The Bertz CT molecular complexity index is 539. The summed E-state index contributed by atoms with van der Waals surface area (Å²) < 4.78 is 27.1. The van der Waals surface area contributed by atoms with Crippen LogP contribution in [0.15, 0.2) is 14.1 Å². The second kappa shape index (κ2) is 4.56. The van der Waals surface area contributed by atoms with Crippen molar-refractivity contribution in [2.45, 2.75) is 30.6 Å². The summed E-state index contributed by atoms with van der Waals surface area (Å²) in [5.74, 6) is 0.0563. The van der Waals surface area contributed by atoms with Gasteiger partial charge in [-0.1, -0.05) is 13.8 Å². The molecule has 0 bridgehead atoms. The lowest BCUT2D eigenvalue weighted by atomic mass is 9.85. The van der Waals surface area contributed by atoms with Crippen molar-refractivity contribution in [3.63, 3.8) is 0 Å². The van der Waals surface area contributed by atoms with E-state index in [0.29, 0.717) is 4.21 Å². The first-order valence-electron chi connectivity index (χ1n) is 5.65. The number of hydrogen-bond donors (Lipinski definition) is 1. The van der Waals surface area contributed by atoms with Gasteiger partial charge in [-0.05, 0) is 40.4 Å². The number of rotatable bonds is 3. The molecule has 1 aromatic heterocycles. The Morgan fingerprint density at radius 3 is 2.44 bits per heavy atom. The van der Waals surface area contributed by atoms with Crippen LogP contribution in [0.4, 0.5) is 0 Å². The maximum atomic E-state index is 12.3. The molecule has 7 heteroatoms. The van der Waals surface area contributed by atoms with Gasteiger partial charge in [0.15, 0.2) is 0 Å². The molecule has 1 aliphatic rings. The molecule has 1 saturated heterocycles. The maximum Gasteiger partial charge on any atom is 0.252 e. The smallest absolute Gasteiger partial charge is 0.252 e. The van der Waals surface area contributed by atoms with E-state index in [1.807, 2.05) is 20.8 Å². The molecule has 0 aromatic carbocycles. The van der Waals surface area contributed by atoms with Gasteiger partial charge >= 0.3 is 0 Å². The van der Waals surface area contributed by atoms with E-state index in [1.54, 1.807) is 6.07 Å². The van der Waals surface area contributed by atoms with Crippen LogP contribution in [0.3, 0.4) is 0 Å². The van der Waals surface area contributed by atoms with Crippen LogP contribution in [-0.2, 0) is 10.0 Å². The molecule has 0 amide bonds. The molecule has 4 nitrogen and oxygen atoms in total. The molecular weight excluding hydrogens is 338 g/mol. The van der Waals surface area contributed by atoms with Gasteiger partial charge in [0.05, 0.1) is 9.39 Å². The van der Waals surface area contributed by atoms with Crippen molar-refractivity contribution in [2.24, 2.45) is 5.92 Å². The largest absolute Gasteiger partial charge is 0.387 e. The van der Waals surface area contributed by atoms with Gasteiger partial charge in [-0.3, -0.25) is 0 Å². The Hall–Kier alpha value is 0.0500. The SMILES string of the molecule is Cc1cc(S(=O)(=O)N2CC(O)(C(C)C)C2)sc1Br. The molecule has 0 atom stereocenters. The average molecular weight is 354 g/mol. The predicted octanol–water partition coefficient (Wildman–Crippen LogP) is 2.21. The molecule has 102 valence electrons. The zero-order valence-corrected chi connectivity index (χ0v) is 13.7. The number of halogens is 1. The standard InChI is InChI=1S/C11H16BrNO3S2/c1-7(2)11(14)5-13(6-11)18(15,16)9-4-8(3)10(12)17-9/h4,7,14H,5-6H2,1-3H3. The highest BCUT2D eigenvalue weighted by atomic mass is 79.9. The topological polar surface area (TPSA) is 57.6 Å². The number of aliphatic hydroxyl groups is 1. The Morgan fingerprint density at radius 2 is 2.06 bits per heavy atom. The van der Waals surface area contributed by atoms with E-state index in [2.05, 4.69) is 15.9 Å². The second-order valence-electron chi connectivity index (χ2n) is 5.05. The Kier molecular flexibility index (Phi) is 3.66. The highest BCUT2D eigenvalue weighted by molar-refractivity contribution is 9.11. The maximum absolute atomic E-state index is 12.3. The lowest BCUT2D eigenvalue weighted by Crippen LogP contribution is -2.65. The molecule has 0 saturated carbocycles. The summed E-state index contributed by atoms with van der Waals surface area (Å²) in [5.41, 5.74) is 0.0367. The molecular formula is C11H16BrNO3S2. The minimum absolute atomic E-state index is 0.0563. The zero-order chi connectivity index (χ0) is 13.7. The minimum Gasteiger partial charge on any atom is -0.387 e. The first-order valence-corrected chi connectivity index (χ1v) is 8.70. The average Bonchev–Trinajstić information content (AvgIpc) is 2.54. The Balaban J connectivity index is 2.20. The molecule has 0 radical (unpaired) electrons. The molecule has 1 aliphatic heterocycles. The molecule has 0 aliphatic carbocycles. The van der Waals surface area contributed by atoms with Gasteiger partial charge in [0.25, 0.3) is 10.0 Å². The lowest BCUT2D eigenvalue weighted by Gasteiger charge is -2.47. The third-order valence-corrected chi connectivity index (χ3v) is 7.78. The third kappa shape index (κ3) is 2.27. The van der Waals surface area contributed by atoms with E-state index in [9.17, 15) is 13.5 Å². The molecule has 2 heterocycles. The fourth-order valence-electron chi connectivity index (χ4n) is 1.79. The molecule has 1 fully saturated rings. The normalized spacial score (nSPS) is 20.1. The molecule has 2 rings (SSSR count). The van der Waals surface area contributed by atoms with Crippen LogP contribution >= 0.6 is 27.3 Å². The summed E-state index contributed by atoms with van der Waals surface area (Å²) in [5, 5.41) is 10.1. The van der Waals surface area contributed by atoms with Gasteiger partial charge in [-0.25, -0.2) is 8.42 Å². The van der Waals surface area contributed by atoms with Crippen molar-refractivity contribution < 1.29 is 13.5 Å². The fraction of sp³-hybridized carbons (Fsp3) is 0.636. The Morgan fingerprint density at radius 1 is 1.50 bits per heavy atom. The number of aryl methyl sites for hydroxylation is 1. The monoisotopic (exact) mass is 353 g/mol. The number of hydrogen-bond acceptors (Lipinski definition) is 4. The van der Waals surface area contributed by atoms with Crippen LogP contribution in [0.25, 0.3) is 0 Å². The van der Waals surface area contributed by atoms with Crippen molar-refractivity contribution >= 4 is 37.3 Å². The van der Waals surface area contributed by atoms with Crippen LogP contribution in [0.2, 0.25) is 0 Å². The third-order valence-electron chi connectivity index (χ3n) is 3.40. The van der Waals surface area contributed by atoms with Crippen molar-refractivity contribution in [1.82, 2.24) is 4.31 Å². The van der Waals surface area contributed by atoms with Crippen LogP contribution in [0, 0.1) is 12.8 Å². The van der Waals surface area contributed by atoms with E-state index in [0.717, 1.165) is 9.35 Å². The molecule has 1 N–H and O–H groups in total. The van der Waals surface area contributed by atoms with Crippen molar-refractivity contribution in [3.05, 3.63) is 15.4 Å². The summed E-state index contributed by atoms with van der Waals surface area (Å²) in [4.78, 5) is 0. The number of nitrogens with zero attached hydrogens (tertiary/aromatic N) is 1. The van der Waals surface area contributed by atoms with Gasteiger partial charge in [0.1, 0.15) is 4.21 Å². The van der Waals surface area contributed by atoms with Gasteiger partial charge in [0.2, 0.25) is 0 Å². The van der Waals surface area contributed by atoms with Crippen molar-refractivity contribution in [3.8, 4) is 0 Å². The van der Waals surface area contributed by atoms with Crippen LogP contribution in [0.5, 0.6) is 0 Å². The summed E-state index contributed by atoms with van der Waals surface area (Å²) in [6.45, 7) is 6.02. The number of sulfonamides is 1. The number of β-amino-alcohol motifs (C(OH)–C–C–N with tert-alkyl or cyclic N) is 1. The summed E-state index contributed by atoms with van der Waals surface area (Å²) >= 11 is 4.54.